The summed E-state index contributed by atoms with van der Waals surface area (Å²) in [5.74, 6) is 0.852. The number of benzene rings is 1. The zero-order valence-electron chi connectivity index (χ0n) is 10.4. The van der Waals surface area contributed by atoms with Gasteiger partial charge in [-0.3, -0.25) is 0 Å². The Morgan fingerprint density at radius 1 is 1.42 bits per heavy atom. The number of hydrogen-bond acceptors (Lipinski definition) is 4. The quantitative estimate of drug-likeness (QED) is 0.718. The molecule has 98 valence electrons. The number of rotatable bonds is 3. The third kappa shape index (κ3) is 2.59. The van der Waals surface area contributed by atoms with Crippen LogP contribution in [0.5, 0.6) is 0 Å². The lowest BCUT2D eigenvalue weighted by molar-refractivity contribution is 0.898. The van der Waals surface area contributed by atoms with Crippen molar-refractivity contribution in [1.82, 2.24) is 9.97 Å². The van der Waals surface area contributed by atoms with Crippen molar-refractivity contribution >= 4 is 49.9 Å². The summed E-state index contributed by atoms with van der Waals surface area (Å²) in [6, 6.07) is 7.83. The molecule has 0 aliphatic heterocycles. The predicted octanol–water partition coefficient (Wildman–Crippen LogP) is 3.61. The molecule has 6 heteroatoms. The van der Waals surface area contributed by atoms with Crippen LogP contribution in [0.4, 0.5) is 11.6 Å². The smallest absolute Gasteiger partial charge is 0.203 e. The highest BCUT2D eigenvalue weighted by atomic mass is 79.9. The van der Waals surface area contributed by atoms with Gasteiger partial charge in [0.15, 0.2) is 0 Å². The van der Waals surface area contributed by atoms with Gasteiger partial charge in [0.1, 0.15) is 0 Å². The molecule has 1 aromatic carbocycles. The lowest BCUT2D eigenvalue weighted by Crippen LogP contribution is -2.16. The minimum Gasteiger partial charge on any atom is -0.399 e. The van der Waals surface area contributed by atoms with E-state index >= 15 is 0 Å². The van der Waals surface area contributed by atoms with Crippen molar-refractivity contribution in [3.63, 3.8) is 0 Å². The first-order valence-electron chi connectivity index (χ1n) is 5.81. The van der Waals surface area contributed by atoms with Crippen molar-refractivity contribution in [2.24, 2.45) is 0 Å². The number of H-pyrrole nitrogens is 1. The van der Waals surface area contributed by atoms with Gasteiger partial charge in [0.25, 0.3) is 0 Å². The minimum absolute atomic E-state index is 0.743. The summed E-state index contributed by atoms with van der Waals surface area (Å²) in [6.45, 7) is 0.825. The van der Waals surface area contributed by atoms with E-state index in [0.717, 1.165) is 33.7 Å². The van der Waals surface area contributed by atoms with Crippen molar-refractivity contribution in [2.45, 2.75) is 6.54 Å². The Hall–Kier alpha value is -1.53. The molecule has 0 bridgehead atoms. The van der Waals surface area contributed by atoms with E-state index in [1.165, 1.54) is 4.88 Å². The van der Waals surface area contributed by atoms with Crippen molar-refractivity contribution in [1.29, 1.82) is 0 Å². The van der Waals surface area contributed by atoms with Crippen LogP contribution in [0.1, 0.15) is 4.88 Å². The number of aromatic amines is 1. The van der Waals surface area contributed by atoms with Gasteiger partial charge in [-0.05, 0) is 40.2 Å². The number of fused-ring (bicyclic) bond motifs is 1. The molecule has 0 unspecified atom stereocenters. The molecule has 4 nitrogen and oxygen atoms in total. The van der Waals surface area contributed by atoms with E-state index < -0.39 is 0 Å². The highest BCUT2D eigenvalue weighted by molar-refractivity contribution is 9.10. The van der Waals surface area contributed by atoms with Gasteiger partial charge in [0.2, 0.25) is 5.95 Å². The first-order valence-corrected chi connectivity index (χ1v) is 7.48. The maximum atomic E-state index is 5.77. The van der Waals surface area contributed by atoms with Gasteiger partial charge in [-0.15, -0.1) is 11.3 Å². The summed E-state index contributed by atoms with van der Waals surface area (Å²) in [5, 5.41) is 2.09. The zero-order chi connectivity index (χ0) is 13.4. The van der Waals surface area contributed by atoms with E-state index in [2.05, 4.69) is 42.2 Å². The SMILES string of the molecule is CN(Cc1cc(Br)cs1)c1nc2ccc(N)cc2[nH]1. The second-order valence-corrected chi connectivity index (χ2v) is 6.34. The Balaban J connectivity index is 1.86. The van der Waals surface area contributed by atoms with Crippen LogP contribution in [-0.2, 0) is 6.54 Å². The van der Waals surface area contributed by atoms with Crippen molar-refractivity contribution in [2.75, 3.05) is 17.7 Å². The summed E-state index contributed by atoms with van der Waals surface area (Å²) >= 11 is 5.20. The molecule has 2 heterocycles. The van der Waals surface area contributed by atoms with Crippen molar-refractivity contribution in [3.05, 3.63) is 39.0 Å². The molecule has 2 aromatic heterocycles. The molecular formula is C13H13BrN4S. The highest BCUT2D eigenvalue weighted by Crippen LogP contribution is 2.24. The van der Waals surface area contributed by atoms with E-state index in [1.807, 2.05) is 25.2 Å². The number of hydrogen-bond donors (Lipinski definition) is 2. The second-order valence-electron chi connectivity index (χ2n) is 4.42. The second kappa shape index (κ2) is 4.86. The number of anilines is 2. The standard InChI is InChI=1S/C13H13BrN4S/c1-18(6-10-4-8(14)7-19-10)13-16-11-3-2-9(15)5-12(11)17-13/h2-5,7H,6,15H2,1H3,(H,16,17). The first-order chi connectivity index (χ1) is 9.11. The Bertz CT molecular complexity index is 718. The van der Waals surface area contributed by atoms with Crippen LogP contribution in [0.2, 0.25) is 0 Å². The van der Waals surface area contributed by atoms with Crippen LogP contribution in [0.15, 0.2) is 34.1 Å². The zero-order valence-corrected chi connectivity index (χ0v) is 12.8. The number of nitrogens with zero attached hydrogens (tertiary/aromatic N) is 2. The van der Waals surface area contributed by atoms with E-state index in [1.54, 1.807) is 11.3 Å². The van der Waals surface area contributed by atoms with E-state index in [-0.39, 0.29) is 0 Å². The molecule has 0 radical (unpaired) electrons. The van der Waals surface area contributed by atoms with Crippen LogP contribution in [0, 0.1) is 0 Å². The molecule has 0 amide bonds. The Morgan fingerprint density at radius 3 is 3.00 bits per heavy atom. The van der Waals surface area contributed by atoms with Gasteiger partial charge < -0.3 is 15.6 Å². The lowest BCUT2D eigenvalue weighted by Gasteiger charge is -2.14. The number of nitrogen functional groups attached to an aromatic ring is 1. The monoisotopic (exact) mass is 336 g/mol. The molecule has 3 aromatic rings. The van der Waals surface area contributed by atoms with E-state index in [9.17, 15) is 0 Å². The maximum absolute atomic E-state index is 5.77. The number of thiophene rings is 1. The lowest BCUT2D eigenvalue weighted by atomic mass is 10.3. The van der Waals surface area contributed by atoms with Crippen LogP contribution < -0.4 is 10.6 Å². The average molecular weight is 337 g/mol. The van der Waals surface area contributed by atoms with Gasteiger partial charge in [0.05, 0.1) is 17.6 Å². The predicted molar refractivity (Wildman–Crippen MR) is 84.6 cm³/mol. The number of imidazole rings is 1. The first kappa shape index (κ1) is 12.5. The van der Waals surface area contributed by atoms with E-state index in [0.29, 0.717) is 0 Å². The summed E-state index contributed by atoms with van der Waals surface area (Å²) in [7, 11) is 2.02. The topological polar surface area (TPSA) is 57.9 Å². The molecule has 0 atom stereocenters. The molecule has 19 heavy (non-hydrogen) atoms. The highest BCUT2D eigenvalue weighted by Gasteiger charge is 2.09. The van der Waals surface area contributed by atoms with Crippen LogP contribution >= 0.6 is 27.3 Å². The summed E-state index contributed by atoms with van der Waals surface area (Å²) < 4.78 is 1.12. The number of nitrogens with one attached hydrogen (secondary N) is 1. The van der Waals surface area contributed by atoms with Crippen molar-refractivity contribution in [3.8, 4) is 0 Å². The van der Waals surface area contributed by atoms with Gasteiger partial charge in [0, 0.05) is 27.5 Å². The fourth-order valence-electron chi connectivity index (χ4n) is 1.94. The third-order valence-corrected chi connectivity index (χ3v) is 4.55. The van der Waals surface area contributed by atoms with Gasteiger partial charge in [-0.25, -0.2) is 4.98 Å². The summed E-state index contributed by atoms with van der Waals surface area (Å²) in [6.07, 6.45) is 0. The molecule has 0 fully saturated rings. The van der Waals surface area contributed by atoms with Gasteiger partial charge in [-0.2, -0.15) is 0 Å². The Kier molecular flexibility index (Phi) is 3.20. The number of aromatic nitrogens is 2. The average Bonchev–Trinajstić information content (AvgIpc) is 2.95. The Morgan fingerprint density at radius 2 is 2.26 bits per heavy atom. The van der Waals surface area contributed by atoms with Gasteiger partial charge in [-0.1, -0.05) is 0 Å². The minimum atomic E-state index is 0.743. The Labute approximate surface area is 123 Å². The molecular weight excluding hydrogens is 324 g/mol. The third-order valence-electron chi connectivity index (χ3n) is 2.87. The largest absolute Gasteiger partial charge is 0.399 e. The molecule has 0 spiro atoms. The van der Waals surface area contributed by atoms with Gasteiger partial charge >= 0.3 is 0 Å². The fourth-order valence-corrected chi connectivity index (χ4v) is 3.44. The number of nitrogens with two attached hydrogens (primary N) is 1. The van der Waals surface area contributed by atoms with Crippen molar-refractivity contribution < 1.29 is 0 Å². The van der Waals surface area contributed by atoms with Crippen LogP contribution in [-0.4, -0.2) is 17.0 Å². The van der Waals surface area contributed by atoms with Crippen LogP contribution in [0.25, 0.3) is 11.0 Å². The van der Waals surface area contributed by atoms with Crippen LogP contribution in [0.3, 0.4) is 0 Å². The molecule has 0 aliphatic carbocycles. The molecule has 0 saturated heterocycles. The molecule has 0 saturated carbocycles. The maximum Gasteiger partial charge on any atom is 0.203 e. The van der Waals surface area contributed by atoms with E-state index in [4.69, 9.17) is 5.73 Å². The molecule has 3 N–H and O–H groups in total. The summed E-state index contributed by atoms with van der Waals surface area (Å²) in [5.41, 5.74) is 8.41. The number of halogens is 1. The summed E-state index contributed by atoms with van der Waals surface area (Å²) in [4.78, 5) is 11.2. The fraction of sp³-hybridized carbons (Fsp3) is 0.154. The molecule has 0 aliphatic rings. The normalized spacial score (nSPS) is 11.1. The molecule has 3 rings (SSSR count).